The highest BCUT2D eigenvalue weighted by atomic mass is 79.9. The van der Waals surface area contributed by atoms with Crippen LogP contribution >= 0.6 is 15.9 Å². The van der Waals surface area contributed by atoms with Gasteiger partial charge in [-0.3, -0.25) is 4.79 Å². The molecule has 3 saturated heterocycles. The minimum absolute atomic E-state index is 0.434. The van der Waals surface area contributed by atoms with Gasteiger partial charge < -0.3 is 4.48 Å². The van der Waals surface area contributed by atoms with E-state index in [1.807, 2.05) is 0 Å². The summed E-state index contributed by atoms with van der Waals surface area (Å²) in [4.78, 5) is 11.6. The molecule has 3 aliphatic heterocycles. The number of alkyl halides is 1. The van der Waals surface area contributed by atoms with Gasteiger partial charge in [0.1, 0.15) is 6.54 Å². The van der Waals surface area contributed by atoms with Crippen LogP contribution in [0.3, 0.4) is 0 Å². The van der Waals surface area contributed by atoms with Crippen molar-refractivity contribution in [3.63, 3.8) is 0 Å². The van der Waals surface area contributed by atoms with Gasteiger partial charge in [0.25, 0.3) is 0 Å². The standard InChI is InChI=1S/C10H17BrNO/c11-4-1-5-12-6-2-9(3-7-12)10(13)8-12/h9H,1-8H2/q+1. The van der Waals surface area contributed by atoms with E-state index in [1.165, 1.54) is 26.1 Å². The molecule has 0 aromatic carbocycles. The number of fused-ring (bicyclic) bond motifs is 3. The lowest BCUT2D eigenvalue weighted by Gasteiger charge is -2.48. The number of piperidine rings is 3. The van der Waals surface area contributed by atoms with Crippen LogP contribution in [0.2, 0.25) is 0 Å². The fraction of sp³-hybridized carbons (Fsp3) is 0.900. The number of rotatable bonds is 3. The van der Waals surface area contributed by atoms with E-state index in [1.54, 1.807) is 0 Å². The number of nitrogens with zero attached hydrogens (tertiary/aromatic N) is 1. The number of halogens is 1. The summed E-state index contributed by atoms with van der Waals surface area (Å²) >= 11 is 3.46. The Labute approximate surface area is 88.0 Å². The molecule has 2 bridgehead atoms. The van der Waals surface area contributed by atoms with Gasteiger partial charge in [0.15, 0.2) is 5.78 Å². The monoisotopic (exact) mass is 246 g/mol. The fourth-order valence-corrected chi connectivity index (χ4v) is 3.00. The van der Waals surface area contributed by atoms with Crippen LogP contribution in [0.4, 0.5) is 0 Å². The first kappa shape index (κ1) is 9.66. The number of carbonyl (C=O) groups is 1. The molecule has 0 N–H and O–H groups in total. The van der Waals surface area contributed by atoms with Crippen molar-refractivity contribution >= 4 is 21.7 Å². The molecule has 0 aliphatic carbocycles. The summed E-state index contributed by atoms with van der Waals surface area (Å²) in [5.74, 6) is 0.969. The van der Waals surface area contributed by atoms with Crippen molar-refractivity contribution in [1.82, 2.24) is 0 Å². The molecule has 3 heterocycles. The summed E-state index contributed by atoms with van der Waals surface area (Å²) < 4.78 is 1.10. The molecule has 13 heavy (non-hydrogen) atoms. The Hall–Kier alpha value is 0.110. The summed E-state index contributed by atoms with van der Waals surface area (Å²) in [7, 11) is 0. The molecule has 74 valence electrons. The van der Waals surface area contributed by atoms with Crippen LogP contribution in [0.1, 0.15) is 19.3 Å². The molecule has 2 nitrogen and oxygen atoms in total. The maximum absolute atomic E-state index is 11.6. The van der Waals surface area contributed by atoms with Crippen LogP contribution in [-0.4, -0.2) is 41.8 Å². The Bertz CT molecular complexity index is 209. The first-order chi connectivity index (χ1) is 6.26. The van der Waals surface area contributed by atoms with E-state index in [-0.39, 0.29) is 0 Å². The highest BCUT2D eigenvalue weighted by molar-refractivity contribution is 9.09. The molecule has 0 atom stereocenters. The van der Waals surface area contributed by atoms with E-state index in [0.29, 0.717) is 11.7 Å². The Morgan fingerprint density at radius 2 is 2.08 bits per heavy atom. The quantitative estimate of drug-likeness (QED) is 0.546. The minimum Gasteiger partial charge on any atom is -0.317 e. The lowest BCUT2D eigenvalue weighted by atomic mass is 9.84. The molecular weight excluding hydrogens is 230 g/mol. The highest BCUT2D eigenvalue weighted by Gasteiger charge is 2.44. The number of ketones is 1. The van der Waals surface area contributed by atoms with Gasteiger partial charge in [-0.1, -0.05) is 15.9 Å². The zero-order valence-electron chi connectivity index (χ0n) is 7.97. The third-order valence-corrected chi connectivity index (χ3v) is 4.18. The molecule has 0 amide bonds. The van der Waals surface area contributed by atoms with Crippen LogP contribution in [0.15, 0.2) is 0 Å². The Morgan fingerprint density at radius 3 is 2.62 bits per heavy atom. The van der Waals surface area contributed by atoms with Gasteiger partial charge in [-0.2, -0.15) is 0 Å². The first-order valence-corrected chi connectivity index (χ1v) is 6.32. The Balaban J connectivity index is 2.00. The molecule has 3 rings (SSSR count). The minimum atomic E-state index is 0.434. The predicted octanol–water partition coefficient (Wildman–Crippen LogP) is 1.58. The maximum Gasteiger partial charge on any atom is 0.190 e. The van der Waals surface area contributed by atoms with Crippen LogP contribution in [0.25, 0.3) is 0 Å². The Morgan fingerprint density at radius 1 is 1.38 bits per heavy atom. The summed E-state index contributed by atoms with van der Waals surface area (Å²) in [6.45, 7) is 4.54. The van der Waals surface area contributed by atoms with Crippen molar-refractivity contribution in [2.75, 3.05) is 31.5 Å². The van der Waals surface area contributed by atoms with E-state index in [2.05, 4.69) is 15.9 Å². The van der Waals surface area contributed by atoms with Crippen LogP contribution in [-0.2, 0) is 4.79 Å². The first-order valence-electron chi connectivity index (χ1n) is 5.20. The summed E-state index contributed by atoms with van der Waals surface area (Å²) in [6, 6.07) is 0. The predicted molar refractivity (Wildman–Crippen MR) is 55.9 cm³/mol. The smallest absolute Gasteiger partial charge is 0.190 e. The summed E-state index contributed by atoms with van der Waals surface area (Å²) in [6.07, 6.45) is 3.51. The van der Waals surface area contributed by atoms with Gasteiger partial charge in [-0.05, 0) is 0 Å². The highest BCUT2D eigenvalue weighted by Crippen LogP contribution is 2.31. The maximum atomic E-state index is 11.6. The van der Waals surface area contributed by atoms with E-state index < -0.39 is 0 Å². The summed E-state index contributed by atoms with van der Waals surface area (Å²) in [5, 5.41) is 1.07. The zero-order chi connectivity index (χ0) is 9.31. The normalized spacial score (nSPS) is 38.2. The number of Topliss-reactive ketones (excluding diaryl/α,β-unsaturated/α-hetero) is 1. The number of hydrogen-bond acceptors (Lipinski definition) is 1. The average Bonchev–Trinajstić information content (AvgIpc) is 2.16. The third kappa shape index (κ3) is 1.82. The fourth-order valence-electron chi connectivity index (χ4n) is 2.75. The average molecular weight is 247 g/mol. The third-order valence-electron chi connectivity index (χ3n) is 3.62. The van der Waals surface area contributed by atoms with Gasteiger partial charge in [0.2, 0.25) is 0 Å². The lowest BCUT2D eigenvalue weighted by Crippen LogP contribution is -2.62. The van der Waals surface area contributed by atoms with Crippen LogP contribution in [0.5, 0.6) is 0 Å². The van der Waals surface area contributed by atoms with E-state index in [9.17, 15) is 4.79 Å². The molecule has 0 aromatic rings. The van der Waals surface area contributed by atoms with Gasteiger partial charge >= 0.3 is 0 Å². The molecule has 0 spiro atoms. The molecule has 3 aliphatic rings. The van der Waals surface area contributed by atoms with Crippen molar-refractivity contribution in [1.29, 1.82) is 0 Å². The lowest BCUT2D eigenvalue weighted by molar-refractivity contribution is -0.931. The largest absolute Gasteiger partial charge is 0.317 e. The molecule has 0 aromatic heterocycles. The number of quaternary nitrogens is 1. The second-order valence-electron chi connectivity index (χ2n) is 4.45. The molecule has 0 radical (unpaired) electrons. The molecule has 3 fully saturated rings. The van der Waals surface area contributed by atoms with Crippen LogP contribution < -0.4 is 0 Å². The van der Waals surface area contributed by atoms with Gasteiger partial charge in [0.05, 0.1) is 19.6 Å². The molecule has 3 heteroatoms. The van der Waals surface area contributed by atoms with Crippen molar-refractivity contribution < 1.29 is 9.28 Å². The second kappa shape index (κ2) is 3.70. The van der Waals surface area contributed by atoms with Crippen molar-refractivity contribution in [2.24, 2.45) is 5.92 Å². The SMILES string of the molecule is O=C1C[N+]2(CCCBr)CCC1CC2. The van der Waals surface area contributed by atoms with Crippen molar-refractivity contribution in [3.05, 3.63) is 0 Å². The van der Waals surface area contributed by atoms with E-state index in [4.69, 9.17) is 0 Å². The zero-order valence-corrected chi connectivity index (χ0v) is 9.55. The van der Waals surface area contributed by atoms with E-state index in [0.717, 1.165) is 29.2 Å². The number of hydrogen-bond donors (Lipinski definition) is 0. The number of carbonyl (C=O) groups excluding carboxylic acids is 1. The molecular formula is C10H17BrNO+. The van der Waals surface area contributed by atoms with Gasteiger partial charge in [0, 0.05) is 30.5 Å². The second-order valence-corrected chi connectivity index (χ2v) is 5.25. The topological polar surface area (TPSA) is 17.1 Å². The van der Waals surface area contributed by atoms with Gasteiger partial charge in [-0.25, -0.2) is 0 Å². The summed E-state index contributed by atoms with van der Waals surface area (Å²) in [5.41, 5.74) is 0. The van der Waals surface area contributed by atoms with Crippen molar-refractivity contribution in [2.45, 2.75) is 19.3 Å². The van der Waals surface area contributed by atoms with Crippen molar-refractivity contribution in [3.8, 4) is 0 Å². The molecule has 0 saturated carbocycles. The van der Waals surface area contributed by atoms with Crippen LogP contribution in [0, 0.1) is 5.92 Å². The van der Waals surface area contributed by atoms with Gasteiger partial charge in [-0.15, -0.1) is 0 Å². The Kier molecular flexibility index (Phi) is 2.75. The van der Waals surface area contributed by atoms with E-state index >= 15 is 0 Å². The molecule has 0 unspecified atom stereocenters.